The Morgan fingerprint density at radius 2 is 2.05 bits per heavy atom. The standard InChI is InChI=1S/C13H19N5O.ClH/c1-4-18-9(3)10(8(2)16-18)11-15-12(17-19-11)13(14)6-5-7-13;/h4-7,14H2,1-3H3;1H. The third kappa shape index (κ3) is 2.13. The number of aryl methyl sites for hydroxylation is 2. The van der Waals surface area contributed by atoms with Crippen molar-refractivity contribution in [1.82, 2.24) is 19.9 Å². The minimum Gasteiger partial charge on any atom is -0.334 e. The summed E-state index contributed by atoms with van der Waals surface area (Å²) < 4.78 is 7.34. The van der Waals surface area contributed by atoms with E-state index in [1.54, 1.807) is 0 Å². The van der Waals surface area contributed by atoms with Crippen LogP contribution >= 0.6 is 12.4 Å². The van der Waals surface area contributed by atoms with Gasteiger partial charge in [0.25, 0.3) is 5.89 Å². The molecule has 2 aromatic heterocycles. The van der Waals surface area contributed by atoms with Crippen LogP contribution < -0.4 is 5.73 Å². The normalized spacial score (nSPS) is 16.6. The van der Waals surface area contributed by atoms with Gasteiger partial charge in [0.2, 0.25) is 0 Å². The molecule has 3 rings (SSSR count). The van der Waals surface area contributed by atoms with E-state index in [2.05, 4.69) is 22.2 Å². The van der Waals surface area contributed by atoms with E-state index in [-0.39, 0.29) is 17.9 Å². The van der Waals surface area contributed by atoms with Crippen LogP contribution in [0.1, 0.15) is 43.4 Å². The Morgan fingerprint density at radius 1 is 1.35 bits per heavy atom. The highest BCUT2D eigenvalue weighted by Crippen LogP contribution is 2.38. The van der Waals surface area contributed by atoms with E-state index in [1.165, 1.54) is 0 Å². The molecule has 0 saturated heterocycles. The Morgan fingerprint density at radius 3 is 2.55 bits per heavy atom. The maximum Gasteiger partial charge on any atom is 0.261 e. The van der Waals surface area contributed by atoms with Gasteiger partial charge in [-0.25, -0.2) is 0 Å². The van der Waals surface area contributed by atoms with Crippen LogP contribution in [0.4, 0.5) is 0 Å². The van der Waals surface area contributed by atoms with Gasteiger partial charge in [-0.3, -0.25) is 4.68 Å². The van der Waals surface area contributed by atoms with Crippen molar-refractivity contribution in [1.29, 1.82) is 0 Å². The van der Waals surface area contributed by atoms with Gasteiger partial charge in [-0.2, -0.15) is 10.1 Å². The highest BCUT2D eigenvalue weighted by molar-refractivity contribution is 5.85. The summed E-state index contributed by atoms with van der Waals surface area (Å²) in [6, 6.07) is 0. The molecule has 0 aliphatic heterocycles. The van der Waals surface area contributed by atoms with E-state index >= 15 is 0 Å². The average molecular weight is 298 g/mol. The topological polar surface area (TPSA) is 82.8 Å². The third-order valence-corrected chi connectivity index (χ3v) is 4.01. The van der Waals surface area contributed by atoms with E-state index in [0.717, 1.165) is 42.8 Å². The molecule has 0 unspecified atom stereocenters. The van der Waals surface area contributed by atoms with Crippen molar-refractivity contribution in [2.45, 2.75) is 52.1 Å². The van der Waals surface area contributed by atoms with Crippen LogP contribution in [-0.4, -0.2) is 19.9 Å². The maximum absolute atomic E-state index is 6.22. The Hall–Kier alpha value is -1.40. The zero-order valence-corrected chi connectivity index (χ0v) is 12.8. The fourth-order valence-electron chi connectivity index (χ4n) is 2.62. The van der Waals surface area contributed by atoms with E-state index in [4.69, 9.17) is 10.3 Å². The largest absolute Gasteiger partial charge is 0.334 e. The summed E-state index contributed by atoms with van der Waals surface area (Å²) in [5.41, 5.74) is 8.73. The smallest absolute Gasteiger partial charge is 0.261 e. The molecule has 110 valence electrons. The molecule has 1 fully saturated rings. The Balaban J connectivity index is 0.00000147. The lowest BCUT2D eigenvalue weighted by molar-refractivity contribution is 0.229. The molecule has 20 heavy (non-hydrogen) atoms. The summed E-state index contributed by atoms with van der Waals surface area (Å²) in [5.74, 6) is 1.15. The second-order valence-corrected chi connectivity index (χ2v) is 5.29. The molecule has 0 aromatic carbocycles. The molecular formula is C13H20ClN5O. The number of hydrogen-bond acceptors (Lipinski definition) is 5. The van der Waals surface area contributed by atoms with Gasteiger partial charge < -0.3 is 10.3 Å². The quantitative estimate of drug-likeness (QED) is 0.940. The molecule has 7 heteroatoms. The molecule has 1 saturated carbocycles. The molecule has 1 aliphatic carbocycles. The van der Waals surface area contributed by atoms with Crippen LogP contribution in [0, 0.1) is 13.8 Å². The lowest BCUT2D eigenvalue weighted by Gasteiger charge is -2.34. The Kier molecular flexibility index (Phi) is 3.88. The Labute approximate surface area is 124 Å². The van der Waals surface area contributed by atoms with Crippen LogP contribution in [0.25, 0.3) is 11.5 Å². The minimum absolute atomic E-state index is 0. The van der Waals surface area contributed by atoms with Crippen molar-refractivity contribution in [3.8, 4) is 11.5 Å². The number of rotatable bonds is 3. The molecule has 0 amide bonds. The summed E-state index contributed by atoms with van der Waals surface area (Å²) in [7, 11) is 0. The lowest BCUT2D eigenvalue weighted by atomic mass is 9.77. The van der Waals surface area contributed by atoms with Gasteiger partial charge >= 0.3 is 0 Å². The summed E-state index contributed by atoms with van der Waals surface area (Å²) in [6.07, 6.45) is 2.99. The first kappa shape index (κ1) is 15.0. The fourth-order valence-corrected chi connectivity index (χ4v) is 2.62. The highest BCUT2D eigenvalue weighted by atomic mass is 35.5. The van der Waals surface area contributed by atoms with Crippen molar-refractivity contribution in [3.63, 3.8) is 0 Å². The zero-order valence-electron chi connectivity index (χ0n) is 12.0. The van der Waals surface area contributed by atoms with Gasteiger partial charge in [0.1, 0.15) is 0 Å². The van der Waals surface area contributed by atoms with Gasteiger partial charge in [-0.05, 0) is 40.0 Å². The van der Waals surface area contributed by atoms with E-state index in [9.17, 15) is 0 Å². The van der Waals surface area contributed by atoms with Gasteiger partial charge in [0.15, 0.2) is 5.82 Å². The monoisotopic (exact) mass is 297 g/mol. The van der Waals surface area contributed by atoms with Crippen LogP contribution in [0.3, 0.4) is 0 Å². The van der Waals surface area contributed by atoms with Crippen molar-refractivity contribution in [2.75, 3.05) is 0 Å². The molecule has 2 heterocycles. The van der Waals surface area contributed by atoms with Gasteiger partial charge in [-0.1, -0.05) is 5.16 Å². The van der Waals surface area contributed by atoms with Gasteiger partial charge in [0, 0.05) is 12.2 Å². The second-order valence-electron chi connectivity index (χ2n) is 5.29. The maximum atomic E-state index is 6.22. The summed E-state index contributed by atoms with van der Waals surface area (Å²) in [4.78, 5) is 4.49. The van der Waals surface area contributed by atoms with Crippen LogP contribution in [0.15, 0.2) is 4.52 Å². The van der Waals surface area contributed by atoms with Gasteiger partial charge in [0.05, 0.1) is 16.8 Å². The van der Waals surface area contributed by atoms with Gasteiger partial charge in [-0.15, -0.1) is 12.4 Å². The Bertz CT molecular complexity index is 614. The van der Waals surface area contributed by atoms with Crippen LogP contribution in [0.2, 0.25) is 0 Å². The fraction of sp³-hybridized carbons (Fsp3) is 0.615. The van der Waals surface area contributed by atoms with E-state index in [0.29, 0.717) is 11.7 Å². The van der Waals surface area contributed by atoms with Crippen molar-refractivity contribution >= 4 is 12.4 Å². The average Bonchev–Trinajstić information content (AvgIpc) is 2.91. The summed E-state index contributed by atoms with van der Waals surface area (Å²) in [6.45, 7) is 6.87. The zero-order chi connectivity index (χ0) is 13.6. The molecule has 0 atom stereocenters. The molecule has 0 radical (unpaired) electrons. The van der Waals surface area contributed by atoms with Crippen LogP contribution in [-0.2, 0) is 12.1 Å². The number of hydrogen-bond donors (Lipinski definition) is 1. The number of nitrogens with zero attached hydrogens (tertiary/aromatic N) is 4. The SMILES string of the molecule is CCn1nc(C)c(-c2nc(C3(N)CCC3)no2)c1C.Cl. The summed E-state index contributed by atoms with van der Waals surface area (Å²) >= 11 is 0. The van der Waals surface area contributed by atoms with Crippen LogP contribution in [0.5, 0.6) is 0 Å². The predicted molar refractivity (Wildman–Crippen MR) is 77.6 cm³/mol. The molecule has 1 aliphatic rings. The molecule has 2 N–H and O–H groups in total. The van der Waals surface area contributed by atoms with Crippen molar-refractivity contribution < 1.29 is 4.52 Å². The first-order chi connectivity index (χ1) is 9.05. The lowest BCUT2D eigenvalue weighted by Crippen LogP contribution is -2.44. The van der Waals surface area contributed by atoms with Crippen molar-refractivity contribution in [2.24, 2.45) is 5.73 Å². The van der Waals surface area contributed by atoms with E-state index < -0.39 is 0 Å². The number of halogens is 1. The highest BCUT2D eigenvalue weighted by Gasteiger charge is 2.39. The number of aromatic nitrogens is 4. The predicted octanol–water partition coefficient (Wildman–Crippen LogP) is 2.33. The minimum atomic E-state index is -0.385. The number of nitrogens with two attached hydrogens (primary N) is 1. The molecule has 0 bridgehead atoms. The van der Waals surface area contributed by atoms with E-state index in [1.807, 2.05) is 18.5 Å². The molecule has 0 spiro atoms. The molecule has 2 aromatic rings. The first-order valence-electron chi connectivity index (χ1n) is 6.72. The molecular weight excluding hydrogens is 278 g/mol. The molecule has 6 nitrogen and oxygen atoms in total. The summed E-state index contributed by atoms with van der Waals surface area (Å²) in [5, 5.41) is 8.52. The second kappa shape index (κ2) is 5.18. The van der Waals surface area contributed by atoms with Crippen molar-refractivity contribution in [3.05, 3.63) is 17.2 Å². The first-order valence-corrected chi connectivity index (χ1v) is 6.72. The third-order valence-electron chi connectivity index (χ3n) is 4.01.